The lowest BCUT2D eigenvalue weighted by molar-refractivity contribution is -0.167. The molecule has 0 aliphatic carbocycles. The smallest absolute Gasteiger partial charge is 0.228 e. The van der Waals surface area contributed by atoms with Crippen molar-refractivity contribution >= 4 is 28.6 Å². The quantitative estimate of drug-likeness (QED) is 0.262. The van der Waals surface area contributed by atoms with E-state index < -0.39 is 17.4 Å². The molecule has 3 amide bonds. The highest BCUT2D eigenvalue weighted by atomic mass is 16.5. The number of benzene rings is 2. The van der Waals surface area contributed by atoms with E-state index in [0.717, 1.165) is 65.8 Å². The molecule has 9 nitrogen and oxygen atoms in total. The zero-order valence-corrected chi connectivity index (χ0v) is 26.4. The van der Waals surface area contributed by atoms with E-state index in [1.54, 1.807) is 19.4 Å². The molecule has 2 N–H and O–H groups in total. The number of carbonyl (C=O) groups is 3. The largest absolute Gasteiger partial charge is 0.497 e. The number of likely N-dealkylation sites (tertiary alicyclic amines) is 1. The third-order valence-electron chi connectivity index (χ3n) is 10.4. The number of ether oxygens (including phenoxy) is 1. The Morgan fingerprint density at radius 1 is 1.04 bits per heavy atom. The molecule has 2 saturated heterocycles. The lowest BCUT2D eigenvalue weighted by Gasteiger charge is -2.56. The first-order chi connectivity index (χ1) is 22.5. The predicted molar refractivity (Wildman–Crippen MR) is 174 cm³/mol. The van der Waals surface area contributed by atoms with Crippen LogP contribution in [0.5, 0.6) is 5.75 Å². The summed E-state index contributed by atoms with van der Waals surface area (Å²) < 4.78 is 11.0. The van der Waals surface area contributed by atoms with Crippen molar-refractivity contribution in [1.82, 2.24) is 20.1 Å². The Balaban J connectivity index is 1.31. The minimum absolute atomic E-state index is 0.0331. The van der Waals surface area contributed by atoms with Crippen molar-refractivity contribution in [3.05, 3.63) is 89.5 Å². The number of nitrogens with one attached hydrogen (secondary N) is 2. The van der Waals surface area contributed by atoms with Gasteiger partial charge in [0.25, 0.3) is 0 Å². The van der Waals surface area contributed by atoms with Gasteiger partial charge in [-0.15, -0.1) is 0 Å². The number of hydrogen-bond acceptors (Lipinski definition) is 5. The SMILES string of the molecule is COc1ccc2[nH]c3c(c2c1)CCN1C(=O)C(CC(=O)NCc2ccco2)C[C@H](C(=O)N2CCCCC2)[C@@]31CCc1ccccc1. The number of methoxy groups -OCH3 is 1. The second-order valence-electron chi connectivity index (χ2n) is 13.0. The number of piperidine rings is 2. The first-order valence-electron chi connectivity index (χ1n) is 16.6. The van der Waals surface area contributed by atoms with Gasteiger partial charge >= 0.3 is 0 Å². The van der Waals surface area contributed by atoms with Crippen molar-refractivity contribution in [2.24, 2.45) is 11.8 Å². The molecule has 1 unspecified atom stereocenters. The molecule has 5 heterocycles. The topological polar surface area (TPSA) is 108 Å². The van der Waals surface area contributed by atoms with Crippen LogP contribution in [0.15, 0.2) is 71.3 Å². The Hall–Kier alpha value is -4.53. The van der Waals surface area contributed by atoms with E-state index >= 15 is 0 Å². The van der Waals surface area contributed by atoms with Gasteiger partial charge in [-0.05, 0) is 86.4 Å². The van der Waals surface area contributed by atoms with Crippen molar-refractivity contribution in [2.75, 3.05) is 26.7 Å². The summed E-state index contributed by atoms with van der Waals surface area (Å²) in [5.41, 5.74) is 3.38. The van der Waals surface area contributed by atoms with Gasteiger partial charge in [0.05, 0.1) is 31.4 Å². The number of aryl methyl sites for hydroxylation is 1. The third kappa shape index (κ3) is 5.46. The first-order valence-corrected chi connectivity index (χ1v) is 16.6. The number of H-pyrrole nitrogens is 1. The molecule has 3 aliphatic heterocycles. The molecular formula is C37H42N4O5. The summed E-state index contributed by atoms with van der Waals surface area (Å²) in [5.74, 6) is 0.166. The third-order valence-corrected chi connectivity index (χ3v) is 10.4. The van der Waals surface area contributed by atoms with Gasteiger partial charge < -0.3 is 29.3 Å². The highest BCUT2D eigenvalue weighted by Gasteiger charge is 2.59. The standard InChI is InChI=1S/C37H42N4O5/c1-45-27-12-13-32-30(23-27)29-15-19-41-35(43)26(22-33(42)38-24-28-11-8-20-46-28)21-31(36(44)40-17-6-3-7-18-40)37(41,34(29)39-32)16-14-25-9-4-2-5-10-25/h2,4-5,8-13,20,23,26,31,39H,3,6-7,14-19,21-22,24H2,1H3,(H,38,42)/t26?,31-,37+/m1/s1. The number of carbonyl (C=O) groups excluding carboxylic acids is 3. The van der Waals surface area contributed by atoms with Crippen LogP contribution in [-0.2, 0) is 39.3 Å². The number of amides is 3. The summed E-state index contributed by atoms with van der Waals surface area (Å²) in [6.45, 7) is 2.20. The van der Waals surface area contributed by atoms with Gasteiger partial charge in [-0.2, -0.15) is 0 Å². The van der Waals surface area contributed by atoms with E-state index in [4.69, 9.17) is 9.15 Å². The van der Waals surface area contributed by atoms with Gasteiger partial charge in [-0.3, -0.25) is 14.4 Å². The number of aromatic amines is 1. The summed E-state index contributed by atoms with van der Waals surface area (Å²) in [5, 5.41) is 3.99. The normalized spacial score (nSPS) is 22.8. The molecule has 3 atom stereocenters. The van der Waals surface area contributed by atoms with Crippen LogP contribution in [0.3, 0.4) is 0 Å². The number of aromatic nitrogens is 1. The molecule has 0 radical (unpaired) electrons. The molecule has 2 aromatic heterocycles. The van der Waals surface area contributed by atoms with Gasteiger partial charge in [0.2, 0.25) is 17.7 Å². The van der Waals surface area contributed by atoms with Crippen LogP contribution < -0.4 is 10.1 Å². The highest BCUT2D eigenvalue weighted by Crippen LogP contribution is 2.53. The van der Waals surface area contributed by atoms with Gasteiger partial charge in [0, 0.05) is 48.6 Å². The van der Waals surface area contributed by atoms with Gasteiger partial charge in [0.15, 0.2) is 0 Å². The van der Waals surface area contributed by atoms with E-state index in [2.05, 4.69) is 28.5 Å². The predicted octanol–water partition coefficient (Wildman–Crippen LogP) is 5.34. The average molecular weight is 623 g/mol. The molecule has 240 valence electrons. The minimum Gasteiger partial charge on any atom is -0.497 e. The van der Waals surface area contributed by atoms with E-state index in [9.17, 15) is 14.4 Å². The molecule has 46 heavy (non-hydrogen) atoms. The van der Waals surface area contributed by atoms with Crippen LogP contribution in [0, 0.1) is 11.8 Å². The maximum Gasteiger partial charge on any atom is 0.228 e. The van der Waals surface area contributed by atoms with Gasteiger partial charge in [-0.25, -0.2) is 0 Å². The Bertz CT molecular complexity index is 1710. The molecule has 2 fully saturated rings. The molecule has 7 rings (SSSR count). The van der Waals surface area contributed by atoms with Crippen molar-refractivity contribution in [1.29, 1.82) is 0 Å². The monoisotopic (exact) mass is 622 g/mol. The fourth-order valence-electron chi connectivity index (χ4n) is 8.13. The lowest BCUT2D eigenvalue weighted by atomic mass is 9.64. The fraction of sp³-hybridized carbons (Fsp3) is 0.432. The van der Waals surface area contributed by atoms with Crippen LogP contribution in [0.25, 0.3) is 10.9 Å². The van der Waals surface area contributed by atoms with E-state index in [1.165, 1.54) is 0 Å². The summed E-state index contributed by atoms with van der Waals surface area (Å²) >= 11 is 0. The summed E-state index contributed by atoms with van der Waals surface area (Å²) in [6, 6.07) is 19.9. The molecule has 3 aliphatic rings. The summed E-state index contributed by atoms with van der Waals surface area (Å²) in [4.78, 5) is 50.3. The molecule has 0 saturated carbocycles. The highest BCUT2D eigenvalue weighted by molar-refractivity contribution is 5.93. The second-order valence-corrected chi connectivity index (χ2v) is 13.0. The summed E-state index contributed by atoms with van der Waals surface area (Å²) in [6.07, 6.45) is 6.97. The van der Waals surface area contributed by atoms with Crippen LogP contribution in [0.1, 0.15) is 61.1 Å². The van der Waals surface area contributed by atoms with Gasteiger partial charge in [-0.1, -0.05) is 30.3 Å². The van der Waals surface area contributed by atoms with Crippen molar-refractivity contribution < 1.29 is 23.5 Å². The Labute approximate surface area is 269 Å². The van der Waals surface area contributed by atoms with E-state index in [1.807, 2.05) is 46.2 Å². The average Bonchev–Trinajstić information content (AvgIpc) is 3.76. The van der Waals surface area contributed by atoms with Gasteiger partial charge in [0.1, 0.15) is 11.5 Å². The van der Waals surface area contributed by atoms with Crippen LogP contribution >= 0.6 is 0 Å². The van der Waals surface area contributed by atoms with Crippen LogP contribution in [-0.4, -0.2) is 59.2 Å². The summed E-state index contributed by atoms with van der Waals surface area (Å²) in [7, 11) is 1.67. The lowest BCUT2D eigenvalue weighted by Crippen LogP contribution is -2.66. The van der Waals surface area contributed by atoms with E-state index in [0.29, 0.717) is 38.0 Å². The zero-order valence-electron chi connectivity index (χ0n) is 26.4. The number of hydrogen-bond donors (Lipinski definition) is 2. The number of furan rings is 1. The second kappa shape index (κ2) is 12.7. The Morgan fingerprint density at radius 2 is 1.87 bits per heavy atom. The Kier molecular flexibility index (Phi) is 8.32. The molecule has 0 spiro atoms. The molecule has 0 bridgehead atoms. The van der Waals surface area contributed by atoms with E-state index in [-0.39, 0.29) is 30.7 Å². The molecule has 9 heteroatoms. The van der Waals surface area contributed by atoms with Crippen molar-refractivity contribution in [3.8, 4) is 5.75 Å². The zero-order chi connectivity index (χ0) is 31.7. The minimum atomic E-state index is -0.873. The van der Waals surface area contributed by atoms with Crippen molar-refractivity contribution in [3.63, 3.8) is 0 Å². The molecule has 2 aromatic carbocycles. The maximum absolute atomic E-state index is 14.8. The number of nitrogens with zero attached hydrogens (tertiary/aromatic N) is 2. The van der Waals surface area contributed by atoms with Crippen LogP contribution in [0.2, 0.25) is 0 Å². The van der Waals surface area contributed by atoms with Crippen LogP contribution in [0.4, 0.5) is 0 Å². The number of rotatable bonds is 9. The fourth-order valence-corrected chi connectivity index (χ4v) is 8.13. The molecule has 4 aromatic rings. The Morgan fingerprint density at radius 3 is 2.63 bits per heavy atom. The first kappa shape index (κ1) is 30.1. The molecular weight excluding hydrogens is 580 g/mol. The van der Waals surface area contributed by atoms with Crippen molar-refractivity contribution in [2.45, 2.75) is 63.5 Å². The number of fused-ring (bicyclic) bond motifs is 5. The maximum atomic E-state index is 14.8.